The van der Waals surface area contributed by atoms with E-state index in [4.69, 9.17) is 11.6 Å². The largest absolute Gasteiger partial charge is 0.314 e. The zero-order chi connectivity index (χ0) is 10.7. The van der Waals surface area contributed by atoms with Crippen LogP contribution < -0.4 is 5.32 Å². The number of hydrogen-bond acceptors (Lipinski definition) is 3. The van der Waals surface area contributed by atoms with Crippen LogP contribution in [0, 0.1) is 0 Å². The van der Waals surface area contributed by atoms with Crippen LogP contribution in [0.1, 0.15) is 10.6 Å². The first kappa shape index (κ1) is 10.7. The van der Waals surface area contributed by atoms with Crippen molar-refractivity contribution in [3.05, 3.63) is 39.3 Å². The molecule has 0 radical (unpaired) electrons. The van der Waals surface area contributed by atoms with Crippen LogP contribution in [0.5, 0.6) is 0 Å². The average Bonchev–Trinajstić information content (AvgIpc) is 2.78. The van der Waals surface area contributed by atoms with E-state index in [-0.39, 0.29) is 0 Å². The van der Waals surface area contributed by atoms with Crippen molar-refractivity contribution >= 4 is 22.9 Å². The number of hydrogen-bond donors (Lipinski definition) is 1. The molecule has 0 aromatic carbocycles. The van der Waals surface area contributed by atoms with E-state index in [1.54, 1.807) is 11.3 Å². The first-order valence-corrected chi connectivity index (χ1v) is 5.88. The number of thiophene rings is 1. The molecular formula is C10H12ClN3S. The highest BCUT2D eigenvalue weighted by Crippen LogP contribution is 2.22. The Morgan fingerprint density at radius 3 is 3.00 bits per heavy atom. The Hall–Kier alpha value is -0.840. The summed E-state index contributed by atoms with van der Waals surface area (Å²) in [6, 6.07) is 5.98. The maximum Gasteiger partial charge on any atom is 0.0931 e. The quantitative estimate of drug-likeness (QED) is 0.891. The van der Waals surface area contributed by atoms with E-state index < -0.39 is 0 Å². The van der Waals surface area contributed by atoms with Crippen molar-refractivity contribution in [3.63, 3.8) is 0 Å². The molecule has 0 aliphatic heterocycles. The van der Waals surface area contributed by atoms with Crippen LogP contribution >= 0.6 is 22.9 Å². The Balaban J connectivity index is 2.13. The molecule has 0 atom stereocenters. The Bertz CT molecular complexity index is 435. The summed E-state index contributed by atoms with van der Waals surface area (Å²) in [6.45, 7) is 1.63. The third kappa shape index (κ3) is 2.59. The Morgan fingerprint density at radius 2 is 2.33 bits per heavy atom. The maximum absolute atomic E-state index is 5.88. The van der Waals surface area contributed by atoms with E-state index in [9.17, 15) is 0 Å². The van der Waals surface area contributed by atoms with Crippen LogP contribution in [0.3, 0.4) is 0 Å². The number of nitrogens with one attached hydrogen (secondary N) is 1. The smallest absolute Gasteiger partial charge is 0.0931 e. The van der Waals surface area contributed by atoms with Gasteiger partial charge in [0.1, 0.15) is 0 Å². The number of nitrogens with zero attached hydrogens (tertiary/aromatic N) is 2. The van der Waals surface area contributed by atoms with E-state index in [1.165, 1.54) is 10.6 Å². The monoisotopic (exact) mass is 241 g/mol. The molecule has 0 spiro atoms. The average molecular weight is 242 g/mol. The van der Waals surface area contributed by atoms with Crippen LogP contribution in [0.2, 0.25) is 4.34 Å². The predicted octanol–water partition coefficient (Wildman–Crippen LogP) is 2.37. The third-order valence-electron chi connectivity index (χ3n) is 2.10. The Labute approximate surface area is 97.7 Å². The van der Waals surface area contributed by atoms with E-state index in [0.29, 0.717) is 0 Å². The second-order valence-electron chi connectivity index (χ2n) is 3.22. The van der Waals surface area contributed by atoms with Gasteiger partial charge in [-0.1, -0.05) is 11.6 Å². The van der Waals surface area contributed by atoms with E-state index in [2.05, 4.69) is 10.4 Å². The molecular weight excluding hydrogens is 230 g/mol. The van der Waals surface area contributed by atoms with Gasteiger partial charge in [-0.2, -0.15) is 5.10 Å². The third-order valence-corrected chi connectivity index (χ3v) is 3.31. The van der Waals surface area contributed by atoms with Gasteiger partial charge in [-0.25, -0.2) is 0 Å². The summed E-state index contributed by atoms with van der Waals surface area (Å²) in [5.41, 5.74) is 1.18. The van der Waals surface area contributed by atoms with E-state index >= 15 is 0 Å². The molecule has 2 aromatic heterocycles. The fourth-order valence-electron chi connectivity index (χ4n) is 1.42. The summed E-state index contributed by atoms with van der Waals surface area (Å²) >= 11 is 7.47. The highest BCUT2D eigenvalue weighted by Gasteiger charge is 2.04. The molecule has 2 heterocycles. The molecule has 80 valence electrons. The van der Waals surface area contributed by atoms with Crippen molar-refractivity contribution in [3.8, 4) is 0 Å². The van der Waals surface area contributed by atoms with Gasteiger partial charge in [0.15, 0.2) is 0 Å². The zero-order valence-electron chi connectivity index (χ0n) is 8.40. The van der Waals surface area contributed by atoms with Gasteiger partial charge in [0.25, 0.3) is 0 Å². The normalized spacial score (nSPS) is 10.8. The van der Waals surface area contributed by atoms with Gasteiger partial charge in [0.2, 0.25) is 0 Å². The summed E-state index contributed by atoms with van der Waals surface area (Å²) in [5, 5.41) is 7.40. The van der Waals surface area contributed by atoms with E-state index in [0.717, 1.165) is 17.4 Å². The van der Waals surface area contributed by atoms with Crippen LogP contribution in [0.4, 0.5) is 0 Å². The van der Waals surface area contributed by atoms with Gasteiger partial charge in [-0.3, -0.25) is 4.68 Å². The fraction of sp³-hybridized carbons (Fsp3) is 0.300. The summed E-state index contributed by atoms with van der Waals surface area (Å²) in [7, 11) is 1.93. The predicted molar refractivity (Wildman–Crippen MR) is 63.4 cm³/mol. The molecule has 2 aromatic rings. The first-order chi connectivity index (χ1) is 7.29. The lowest BCUT2D eigenvalue weighted by atomic mass is 10.4. The molecule has 15 heavy (non-hydrogen) atoms. The van der Waals surface area contributed by atoms with Crippen molar-refractivity contribution in [2.45, 2.75) is 13.1 Å². The minimum Gasteiger partial charge on any atom is -0.314 e. The van der Waals surface area contributed by atoms with Gasteiger partial charge in [-0.05, 0) is 25.2 Å². The van der Waals surface area contributed by atoms with Gasteiger partial charge < -0.3 is 5.32 Å². The molecule has 0 amide bonds. The van der Waals surface area contributed by atoms with Crippen LogP contribution in [0.25, 0.3) is 0 Å². The van der Waals surface area contributed by atoms with E-state index in [1.807, 2.05) is 36.1 Å². The van der Waals surface area contributed by atoms with Crippen molar-refractivity contribution in [2.24, 2.45) is 0 Å². The van der Waals surface area contributed by atoms with Crippen molar-refractivity contribution in [2.75, 3.05) is 7.05 Å². The van der Waals surface area contributed by atoms with Crippen LogP contribution in [-0.2, 0) is 13.1 Å². The minimum absolute atomic E-state index is 0.793. The van der Waals surface area contributed by atoms with Gasteiger partial charge in [-0.15, -0.1) is 11.3 Å². The SMILES string of the molecule is CNCc1ccnn1Cc1ccc(Cl)s1. The molecule has 0 aliphatic rings. The number of rotatable bonds is 4. The standard InChI is InChI=1S/C10H12ClN3S/c1-12-6-8-4-5-13-14(8)7-9-2-3-10(11)15-9/h2-5,12H,6-7H2,1H3. The summed E-state index contributed by atoms with van der Waals surface area (Å²) in [6.07, 6.45) is 1.82. The molecule has 5 heteroatoms. The molecule has 0 bridgehead atoms. The molecule has 0 saturated heterocycles. The first-order valence-electron chi connectivity index (χ1n) is 4.69. The van der Waals surface area contributed by atoms with Crippen molar-refractivity contribution in [1.82, 2.24) is 15.1 Å². The molecule has 0 saturated carbocycles. The van der Waals surface area contributed by atoms with Gasteiger partial charge in [0.05, 0.1) is 16.6 Å². The Morgan fingerprint density at radius 1 is 1.47 bits per heavy atom. The van der Waals surface area contributed by atoms with Gasteiger partial charge >= 0.3 is 0 Å². The summed E-state index contributed by atoms with van der Waals surface area (Å²) < 4.78 is 2.81. The van der Waals surface area contributed by atoms with Crippen molar-refractivity contribution < 1.29 is 0 Å². The summed E-state index contributed by atoms with van der Waals surface area (Å²) in [5.74, 6) is 0. The second-order valence-corrected chi connectivity index (χ2v) is 5.02. The van der Waals surface area contributed by atoms with Crippen LogP contribution in [0.15, 0.2) is 24.4 Å². The maximum atomic E-state index is 5.88. The molecule has 0 aliphatic carbocycles. The molecule has 0 fully saturated rings. The minimum atomic E-state index is 0.793. The highest BCUT2D eigenvalue weighted by molar-refractivity contribution is 7.16. The molecule has 2 rings (SSSR count). The van der Waals surface area contributed by atoms with Crippen molar-refractivity contribution in [1.29, 1.82) is 0 Å². The lowest BCUT2D eigenvalue weighted by Gasteiger charge is -2.04. The molecule has 1 N–H and O–H groups in total. The fourth-order valence-corrected chi connectivity index (χ4v) is 2.49. The number of aromatic nitrogens is 2. The zero-order valence-corrected chi connectivity index (χ0v) is 9.98. The molecule has 3 nitrogen and oxygen atoms in total. The topological polar surface area (TPSA) is 29.9 Å². The Kier molecular flexibility index (Phi) is 3.41. The highest BCUT2D eigenvalue weighted by atomic mass is 35.5. The lowest BCUT2D eigenvalue weighted by molar-refractivity contribution is 0.627. The summed E-state index contributed by atoms with van der Waals surface area (Å²) in [4.78, 5) is 1.22. The molecule has 0 unspecified atom stereocenters. The van der Waals surface area contributed by atoms with Crippen LogP contribution in [-0.4, -0.2) is 16.8 Å². The van der Waals surface area contributed by atoms with Gasteiger partial charge in [0, 0.05) is 17.6 Å². The number of halogens is 1. The second kappa shape index (κ2) is 4.79. The lowest BCUT2D eigenvalue weighted by Crippen LogP contribution is -2.12.